The molecule has 1 unspecified atom stereocenters. The fourth-order valence-corrected chi connectivity index (χ4v) is 2.72. The van der Waals surface area contributed by atoms with Crippen LogP contribution in [0.2, 0.25) is 0 Å². The second-order valence-electron chi connectivity index (χ2n) is 4.55. The van der Waals surface area contributed by atoms with E-state index >= 15 is 0 Å². The Morgan fingerprint density at radius 1 is 1.42 bits per heavy atom. The molecule has 1 saturated heterocycles. The van der Waals surface area contributed by atoms with Crippen molar-refractivity contribution in [2.24, 2.45) is 5.92 Å². The van der Waals surface area contributed by atoms with Crippen molar-refractivity contribution in [3.63, 3.8) is 0 Å². The molecule has 1 N–H and O–H groups in total. The van der Waals surface area contributed by atoms with Crippen LogP contribution in [0.4, 0.5) is 4.39 Å². The topological polar surface area (TPSA) is 57.6 Å². The maximum Gasteiger partial charge on any atom is 0.308 e. The summed E-state index contributed by atoms with van der Waals surface area (Å²) in [6.45, 7) is 0.740. The van der Waals surface area contributed by atoms with Crippen LogP contribution in [-0.4, -0.2) is 35.0 Å². The van der Waals surface area contributed by atoms with Crippen LogP contribution in [0.5, 0.6) is 0 Å². The van der Waals surface area contributed by atoms with Crippen molar-refractivity contribution in [3.05, 3.63) is 34.1 Å². The summed E-state index contributed by atoms with van der Waals surface area (Å²) in [5.41, 5.74) is 0.354. The zero-order valence-electron chi connectivity index (χ0n) is 10.1. The van der Waals surface area contributed by atoms with Gasteiger partial charge in [0, 0.05) is 17.6 Å². The third kappa shape index (κ3) is 3.12. The van der Waals surface area contributed by atoms with E-state index in [1.165, 1.54) is 23.1 Å². The number of hydrogen-bond acceptors (Lipinski definition) is 2. The number of hydrogen-bond donors (Lipinski definition) is 1. The Morgan fingerprint density at radius 2 is 2.16 bits per heavy atom. The van der Waals surface area contributed by atoms with Gasteiger partial charge in [0.25, 0.3) is 5.91 Å². The minimum Gasteiger partial charge on any atom is -0.481 e. The highest BCUT2D eigenvalue weighted by molar-refractivity contribution is 9.10. The van der Waals surface area contributed by atoms with Crippen molar-refractivity contribution < 1.29 is 19.1 Å². The van der Waals surface area contributed by atoms with Gasteiger partial charge in [0.1, 0.15) is 5.82 Å². The molecule has 1 atom stereocenters. The van der Waals surface area contributed by atoms with Crippen LogP contribution in [0.25, 0.3) is 0 Å². The van der Waals surface area contributed by atoms with Crippen molar-refractivity contribution >= 4 is 27.8 Å². The van der Waals surface area contributed by atoms with Gasteiger partial charge in [-0.05, 0) is 47.0 Å². The predicted molar refractivity (Wildman–Crippen MR) is 70.4 cm³/mol. The monoisotopic (exact) mass is 329 g/mol. The molecule has 2 rings (SSSR count). The number of carboxylic acid groups (broad SMARTS) is 1. The molecule has 0 spiro atoms. The number of nitrogens with zero attached hydrogens (tertiary/aromatic N) is 1. The Morgan fingerprint density at radius 3 is 2.79 bits per heavy atom. The highest BCUT2D eigenvalue weighted by atomic mass is 79.9. The number of benzene rings is 1. The van der Waals surface area contributed by atoms with Crippen molar-refractivity contribution in [1.82, 2.24) is 4.90 Å². The summed E-state index contributed by atoms with van der Waals surface area (Å²) in [5.74, 6) is -2.09. The molecule has 4 nitrogen and oxygen atoms in total. The number of aliphatic carboxylic acids is 1. The van der Waals surface area contributed by atoms with Gasteiger partial charge in [-0.25, -0.2) is 4.39 Å². The zero-order valence-corrected chi connectivity index (χ0v) is 11.7. The molecule has 6 heteroatoms. The van der Waals surface area contributed by atoms with Crippen LogP contribution < -0.4 is 0 Å². The first-order valence-corrected chi connectivity index (χ1v) is 6.75. The molecule has 0 saturated carbocycles. The zero-order chi connectivity index (χ0) is 14.0. The lowest BCUT2D eigenvalue weighted by Gasteiger charge is -2.31. The van der Waals surface area contributed by atoms with Gasteiger partial charge < -0.3 is 10.0 Å². The summed E-state index contributed by atoms with van der Waals surface area (Å²) in [7, 11) is 0. The number of carbonyl (C=O) groups excluding carboxylic acids is 1. The number of rotatable bonds is 2. The van der Waals surface area contributed by atoms with Crippen LogP contribution in [0.3, 0.4) is 0 Å². The molecule has 1 heterocycles. The minimum atomic E-state index is -0.879. The van der Waals surface area contributed by atoms with Crippen molar-refractivity contribution in [1.29, 1.82) is 0 Å². The molecule has 102 valence electrons. The van der Waals surface area contributed by atoms with E-state index in [-0.39, 0.29) is 12.5 Å². The lowest BCUT2D eigenvalue weighted by molar-refractivity contribution is -0.143. The normalized spacial score (nSPS) is 19.3. The summed E-state index contributed by atoms with van der Waals surface area (Å²) >= 11 is 3.15. The molecule has 0 aromatic heterocycles. The van der Waals surface area contributed by atoms with E-state index in [1.54, 1.807) is 0 Å². The van der Waals surface area contributed by atoms with Gasteiger partial charge in [0.05, 0.1) is 11.5 Å². The largest absolute Gasteiger partial charge is 0.481 e. The molecule has 1 aromatic carbocycles. The van der Waals surface area contributed by atoms with E-state index in [0.29, 0.717) is 29.4 Å². The lowest BCUT2D eigenvalue weighted by atomic mass is 9.97. The summed E-state index contributed by atoms with van der Waals surface area (Å²) < 4.78 is 13.4. The molecule has 1 aromatic rings. The van der Waals surface area contributed by atoms with Crippen LogP contribution >= 0.6 is 15.9 Å². The summed E-state index contributed by atoms with van der Waals surface area (Å²) in [6, 6.07) is 3.86. The summed E-state index contributed by atoms with van der Waals surface area (Å²) in [6.07, 6.45) is 1.26. The number of amides is 1. The molecule has 0 radical (unpaired) electrons. The second-order valence-corrected chi connectivity index (χ2v) is 5.41. The fourth-order valence-electron chi connectivity index (χ4n) is 2.20. The average molecular weight is 330 g/mol. The van der Waals surface area contributed by atoms with Crippen molar-refractivity contribution in [2.45, 2.75) is 12.8 Å². The Hall–Kier alpha value is -1.43. The molecule has 1 fully saturated rings. The van der Waals surface area contributed by atoms with Gasteiger partial charge in [-0.2, -0.15) is 0 Å². The van der Waals surface area contributed by atoms with Gasteiger partial charge in [0.2, 0.25) is 0 Å². The molecule has 19 heavy (non-hydrogen) atoms. The van der Waals surface area contributed by atoms with Gasteiger partial charge in [-0.1, -0.05) is 0 Å². The Kier molecular flexibility index (Phi) is 4.19. The van der Waals surface area contributed by atoms with Gasteiger partial charge in [-0.3, -0.25) is 9.59 Å². The highest BCUT2D eigenvalue weighted by Crippen LogP contribution is 2.23. The van der Waals surface area contributed by atoms with Crippen LogP contribution in [0.1, 0.15) is 23.2 Å². The van der Waals surface area contributed by atoms with Crippen LogP contribution in [0.15, 0.2) is 22.7 Å². The third-order valence-corrected chi connectivity index (χ3v) is 3.88. The van der Waals surface area contributed by atoms with E-state index < -0.39 is 17.7 Å². The molecule has 1 amide bonds. The van der Waals surface area contributed by atoms with E-state index in [9.17, 15) is 14.0 Å². The Bertz CT molecular complexity index is 521. The smallest absolute Gasteiger partial charge is 0.308 e. The molecule has 0 aliphatic carbocycles. The first-order valence-electron chi connectivity index (χ1n) is 5.96. The Balaban J connectivity index is 2.17. The Labute approximate surface area is 118 Å². The van der Waals surface area contributed by atoms with E-state index in [1.807, 2.05) is 0 Å². The number of piperidine rings is 1. The fraction of sp³-hybridized carbons (Fsp3) is 0.385. The average Bonchev–Trinajstić information content (AvgIpc) is 2.38. The number of halogens is 2. The van der Waals surface area contributed by atoms with Gasteiger partial charge in [0.15, 0.2) is 0 Å². The van der Waals surface area contributed by atoms with E-state index in [2.05, 4.69) is 15.9 Å². The predicted octanol–water partition coefficient (Wildman–Crippen LogP) is 2.53. The quantitative estimate of drug-likeness (QED) is 0.907. The lowest BCUT2D eigenvalue weighted by Crippen LogP contribution is -2.42. The minimum absolute atomic E-state index is 0.206. The first kappa shape index (κ1) is 14.0. The van der Waals surface area contributed by atoms with E-state index in [0.717, 1.165) is 0 Å². The molecule has 1 aliphatic rings. The van der Waals surface area contributed by atoms with E-state index in [4.69, 9.17) is 5.11 Å². The van der Waals surface area contributed by atoms with Crippen LogP contribution in [0, 0.1) is 11.7 Å². The first-order chi connectivity index (χ1) is 8.99. The highest BCUT2D eigenvalue weighted by Gasteiger charge is 2.29. The van der Waals surface area contributed by atoms with Gasteiger partial charge >= 0.3 is 5.97 Å². The molecule has 0 bridgehead atoms. The second kappa shape index (κ2) is 5.69. The molecule has 1 aliphatic heterocycles. The SMILES string of the molecule is O=C(O)C1CCCN(C(=O)c2ccc(F)cc2Br)C1. The summed E-state index contributed by atoms with van der Waals surface area (Å²) in [4.78, 5) is 24.8. The standard InChI is InChI=1S/C13H13BrFNO3/c14-11-6-9(15)3-4-10(11)12(17)16-5-1-2-8(7-16)13(18)19/h3-4,6,8H,1-2,5,7H2,(H,18,19). The number of carbonyl (C=O) groups is 2. The molecular weight excluding hydrogens is 317 g/mol. The van der Waals surface area contributed by atoms with Gasteiger partial charge in [-0.15, -0.1) is 0 Å². The van der Waals surface area contributed by atoms with Crippen molar-refractivity contribution in [3.8, 4) is 0 Å². The maximum absolute atomic E-state index is 13.0. The van der Waals surface area contributed by atoms with Crippen molar-refractivity contribution in [2.75, 3.05) is 13.1 Å². The summed E-state index contributed by atoms with van der Waals surface area (Å²) in [5, 5.41) is 9.00. The number of carboxylic acids is 1. The number of likely N-dealkylation sites (tertiary alicyclic amines) is 1. The third-order valence-electron chi connectivity index (χ3n) is 3.22. The van der Waals surface area contributed by atoms with Crippen LogP contribution in [-0.2, 0) is 4.79 Å². The maximum atomic E-state index is 13.0. The molecular formula is C13H13BrFNO3.